The van der Waals surface area contributed by atoms with Crippen molar-refractivity contribution in [1.29, 1.82) is 5.26 Å². The summed E-state index contributed by atoms with van der Waals surface area (Å²) < 4.78 is 8.77. The number of nitriles is 1. The summed E-state index contributed by atoms with van der Waals surface area (Å²) in [4.78, 5) is 4.50. The van der Waals surface area contributed by atoms with Gasteiger partial charge >= 0.3 is 0 Å². The molecule has 0 aliphatic heterocycles. The van der Waals surface area contributed by atoms with E-state index >= 15 is 0 Å². The Morgan fingerprint density at radius 1 is 0.625 bits per heavy atom. The van der Waals surface area contributed by atoms with Crippen LogP contribution in [-0.2, 0) is 0 Å². The summed E-state index contributed by atoms with van der Waals surface area (Å²) in [7, 11) is 0. The first-order valence-corrected chi connectivity index (χ1v) is 13.2. The fraction of sp³-hybridized carbons (Fsp3) is 0. The number of aromatic nitrogens is 2. The average Bonchev–Trinajstić information content (AvgIpc) is 3.57. The molecule has 0 N–H and O–H groups in total. The molecule has 8 rings (SSSR count). The van der Waals surface area contributed by atoms with Crippen LogP contribution in [0, 0.1) is 11.3 Å². The van der Waals surface area contributed by atoms with Crippen LogP contribution in [0.3, 0.4) is 0 Å². The molecule has 0 unspecified atom stereocenters. The van der Waals surface area contributed by atoms with Crippen molar-refractivity contribution < 1.29 is 4.42 Å². The molecule has 0 saturated heterocycles. The lowest BCUT2D eigenvalue weighted by atomic mass is 10.0. The molecule has 0 spiro atoms. The van der Waals surface area contributed by atoms with Crippen molar-refractivity contribution in [1.82, 2.24) is 9.55 Å². The van der Waals surface area contributed by atoms with E-state index in [1.165, 1.54) is 0 Å². The van der Waals surface area contributed by atoms with Gasteiger partial charge in [0.15, 0.2) is 0 Å². The molecule has 3 aromatic heterocycles. The first-order valence-electron chi connectivity index (χ1n) is 13.2. The minimum atomic E-state index is 0.599. The summed E-state index contributed by atoms with van der Waals surface area (Å²) >= 11 is 0. The molecule has 0 bridgehead atoms. The Morgan fingerprint density at radius 3 is 2.30 bits per heavy atom. The van der Waals surface area contributed by atoms with Gasteiger partial charge in [-0.3, -0.25) is 4.98 Å². The number of hydrogen-bond acceptors (Lipinski definition) is 3. The molecular weight excluding hydrogens is 490 g/mol. The number of pyridine rings is 1. The van der Waals surface area contributed by atoms with Crippen molar-refractivity contribution in [3.8, 4) is 34.1 Å². The third-order valence-corrected chi connectivity index (χ3v) is 7.67. The van der Waals surface area contributed by atoms with Crippen molar-refractivity contribution in [2.75, 3.05) is 0 Å². The van der Waals surface area contributed by atoms with E-state index in [0.29, 0.717) is 5.56 Å². The molecule has 5 aromatic carbocycles. The smallest absolute Gasteiger partial charge is 0.145 e. The van der Waals surface area contributed by atoms with Crippen molar-refractivity contribution in [3.05, 3.63) is 133 Å². The molecule has 186 valence electrons. The standard InChI is InChI=1S/C36H21N3O/c37-22-23-17-18-38-31(19-23)26-9-5-7-24(20-26)25-8-6-10-27(21-25)39-32-13-3-1-12-30(32)35-33(39)16-15-29-28-11-2-4-14-34(28)40-36(29)35/h1-21H. The summed E-state index contributed by atoms with van der Waals surface area (Å²) in [5.41, 5.74) is 9.69. The van der Waals surface area contributed by atoms with E-state index in [-0.39, 0.29) is 0 Å². The van der Waals surface area contributed by atoms with Gasteiger partial charge < -0.3 is 8.98 Å². The van der Waals surface area contributed by atoms with Gasteiger partial charge in [0.05, 0.1) is 33.7 Å². The minimum Gasteiger partial charge on any atom is -0.455 e. The molecule has 0 aliphatic carbocycles. The topological polar surface area (TPSA) is 54.8 Å². The Kier molecular flexibility index (Phi) is 4.85. The lowest BCUT2D eigenvalue weighted by molar-refractivity contribution is 0.673. The summed E-state index contributed by atoms with van der Waals surface area (Å²) in [6.45, 7) is 0. The van der Waals surface area contributed by atoms with Crippen LogP contribution in [0.4, 0.5) is 0 Å². The number of furan rings is 1. The predicted octanol–water partition coefficient (Wildman–Crippen LogP) is 9.28. The van der Waals surface area contributed by atoms with Crippen LogP contribution in [-0.4, -0.2) is 9.55 Å². The quantitative estimate of drug-likeness (QED) is 0.237. The van der Waals surface area contributed by atoms with Crippen LogP contribution in [0.5, 0.6) is 0 Å². The van der Waals surface area contributed by atoms with Gasteiger partial charge in [-0.25, -0.2) is 0 Å². The van der Waals surface area contributed by atoms with Gasteiger partial charge in [-0.1, -0.05) is 66.7 Å². The third-order valence-electron chi connectivity index (χ3n) is 7.67. The number of rotatable bonds is 3. The second-order valence-electron chi connectivity index (χ2n) is 9.96. The predicted molar refractivity (Wildman–Crippen MR) is 161 cm³/mol. The Morgan fingerprint density at radius 2 is 1.40 bits per heavy atom. The Hall–Kier alpha value is -5.66. The fourth-order valence-electron chi connectivity index (χ4n) is 5.85. The molecule has 0 radical (unpaired) electrons. The highest BCUT2D eigenvalue weighted by atomic mass is 16.3. The van der Waals surface area contributed by atoms with E-state index < -0.39 is 0 Å². The van der Waals surface area contributed by atoms with Crippen LogP contribution in [0.1, 0.15) is 5.56 Å². The summed E-state index contributed by atoms with van der Waals surface area (Å²) in [6, 6.07) is 43.8. The van der Waals surface area contributed by atoms with Crippen LogP contribution in [0.2, 0.25) is 0 Å². The Balaban J connectivity index is 1.33. The molecule has 4 nitrogen and oxygen atoms in total. The van der Waals surface area contributed by atoms with E-state index in [1.54, 1.807) is 12.3 Å². The van der Waals surface area contributed by atoms with Crippen LogP contribution >= 0.6 is 0 Å². The normalized spacial score (nSPS) is 11.5. The van der Waals surface area contributed by atoms with Crippen molar-refractivity contribution in [3.63, 3.8) is 0 Å². The monoisotopic (exact) mass is 511 g/mol. The maximum absolute atomic E-state index is 9.32. The van der Waals surface area contributed by atoms with E-state index in [4.69, 9.17) is 4.42 Å². The number of para-hydroxylation sites is 2. The van der Waals surface area contributed by atoms with Gasteiger partial charge in [0, 0.05) is 33.6 Å². The van der Waals surface area contributed by atoms with Crippen LogP contribution < -0.4 is 0 Å². The van der Waals surface area contributed by atoms with Crippen LogP contribution in [0.25, 0.3) is 71.8 Å². The highest BCUT2D eigenvalue weighted by Gasteiger charge is 2.18. The number of benzene rings is 5. The summed E-state index contributed by atoms with van der Waals surface area (Å²) in [5.74, 6) is 0. The summed E-state index contributed by atoms with van der Waals surface area (Å²) in [5, 5.41) is 13.9. The first-order chi connectivity index (χ1) is 19.8. The molecule has 0 aliphatic rings. The second-order valence-corrected chi connectivity index (χ2v) is 9.96. The van der Waals surface area contributed by atoms with Crippen molar-refractivity contribution in [2.45, 2.75) is 0 Å². The zero-order chi connectivity index (χ0) is 26.6. The number of hydrogen-bond donors (Lipinski definition) is 0. The van der Waals surface area contributed by atoms with Gasteiger partial charge in [-0.05, 0) is 65.7 Å². The summed E-state index contributed by atoms with van der Waals surface area (Å²) in [6.07, 6.45) is 1.68. The van der Waals surface area contributed by atoms with Crippen molar-refractivity contribution >= 4 is 43.7 Å². The Bertz CT molecular complexity index is 2300. The van der Waals surface area contributed by atoms with E-state index in [9.17, 15) is 5.26 Å². The largest absolute Gasteiger partial charge is 0.455 e. The molecular formula is C36H21N3O. The number of fused-ring (bicyclic) bond motifs is 7. The SMILES string of the molecule is N#Cc1ccnc(-c2cccc(-c3cccc(-n4c5ccccc5c5c6oc7ccccc7c6ccc54)c3)c2)c1. The molecule has 40 heavy (non-hydrogen) atoms. The maximum atomic E-state index is 9.32. The van der Waals surface area contributed by atoms with Gasteiger partial charge in [-0.2, -0.15) is 5.26 Å². The van der Waals surface area contributed by atoms with Gasteiger partial charge in [-0.15, -0.1) is 0 Å². The van der Waals surface area contributed by atoms with E-state index in [2.05, 4.69) is 101 Å². The Labute approximate surface area is 230 Å². The molecule has 0 atom stereocenters. The molecule has 3 heterocycles. The van der Waals surface area contributed by atoms with Crippen molar-refractivity contribution in [2.24, 2.45) is 0 Å². The molecule has 0 saturated carbocycles. The fourth-order valence-corrected chi connectivity index (χ4v) is 5.85. The minimum absolute atomic E-state index is 0.599. The van der Waals surface area contributed by atoms with Gasteiger partial charge in [0.25, 0.3) is 0 Å². The lowest BCUT2D eigenvalue weighted by Crippen LogP contribution is -1.94. The van der Waals surface area contributed by atoms with E-state index in [0.717, 1.165) is 71.8 Å². The highest BCUT2D eigenvalue weighted by molar-refractivity contribution is 6.23. The van der Waals surface area contributed by atoms with Gasteiger partial charge in [0.1, 0.15) is 11.2 Å². The lowest BCUT2D eigenvalue weighted by Gasteiger charge is -2.11. The molecule has 0 amide bonds. The van der Waals surface area contributed by atoms with E-state index in [1.807, 2.05) is 30.3 Å². The zero-order valence-electron chi connectivity index (χ0n) is 21.4. The molecule has 8 aromatic rings. The zero-order valence-corrected chi connectivity index (χ0v) is 21.4. The average molecular weight is 512 g/mol. The van der Waals surface area contributed by atoms with Gasteiger partial charge in [0.2, 0.25) is 0 Å². The third kappa shape index (κ3) is 3.35. The maximum Gasteiger partial charge on any atom is 0.145 e. The number of nitrogens with zero attached hydrogens (tertiary/aromatic N) is 3. The second kappa shape index (κ2) is 8.69. The first kappa shape index (κ1) is 22.3. The van der Waals surface area contributed by atoms with Crippen LogP contribution in [0.15, 0.2) is 132 Å². The highest BCUT2D eigenvalue weighted by Crippen LogP contribution is 2.40. The molecule has 4 heteroatoms. The molecule has 0 fully saturated rings.